The van der Waals surface area contributed by atoms with E-state index in [1.54, 1.807) is 12.1 Å². The largest absolute Gasteiger partial charge is 0.281 e. The van der Waals surface area contributed by atoms with Crippen molar-refractivity contribution >= 4 is 41.5 Å². The zero-order valence-electron chi connectivity index (χ0n) is 9.91. The van der Waals surface area contributed by atoms with Crippen LogP contribution in [0.4, 0.5) is 5.69 Å². The lowest BCUT2D eigenvalue weighted by atomic mass is 10.2. The Kier molecular flexibility index (Phi) is 4.17. The number of nitrogens with zero attached hydrogens (tertiary/aromatic N) is 1. The van der Waals surface area contributed by atoms with Crippen LogP contribution in [0.3, 0.4) is 0 Å². The van der Waals surface area contributed by atoms with Gasteiger partial charge in [0.25, 0.3) is 0 Å². The van der Waals surface area contributed by atoms with Gasteiger partial charge in [-0.2, -0.15) is 0 Å². The number of nitrogens with one attached hydrogen (secondary N) is 1. The molecule has 1 aliphatic rings. The molecule has 106 valence electrons. The van der Waals surface area contributed by atoms with Crippen LogP contribution in [0.15, 0.2) is 22.9 Å². The number of hydrogen-bond donors (Lipinski definition) is 1. The van der Waals surface area contributed by atoms with Crippen molar-refractivity contribution < 1.29 is 16.8 Å². The summed E-state index contributed by atoms with van der Waals surface area (Å²) >= 11 is 3.16. The summed E-state index contributed by atoms with van der Waals surface area (Å²) in [5.74, 6) is -0.153. The van der Waals surface area contributed by atoms with Crippen LogP contribution in [0.2, 0.25) is 0 Å². The Morgan fingerprint density at radius 1 is 1.32 bits per heavy atom. The van der Waals surface area contributed by atoms with Crippen molar-refractivity contribution in [3.63, 3.8) is 0 Å². The average molecular weight is 369 g/mol. The van der Waals surface area contributed by atoms with Crippen molar-refractivity contribution in [2.24, 2.45) is 0 Å². The zero-order valence-corrected chi connectivity index (χ0v) is 13.1. The van der Waals surface area contributed by atoms with E-state index in [0.717, 1.165) is 0 Å². The predicted octanol–water partition coefficient (Wildman–Crippen LogP) is 1.16. The van der Waals surface area contributed by atoms with Gasteiger partial charge in [0.05, 0.1) is 22.4 Å². The van der Waals surface area contributed by atoms with Crippen LogP contribution in [0.5, 0.6) is 0 Å². The normalized spacial score (nSPS) is 20.1. The summed E-state index contributed by atoms with van der Waals surface area (Å²) in [6.07, 6.45) is 1.81. The lowest BCUT2D eigenvalue weighted by Gasteiger charge is -2.22. The number of sulfonamides is 1. The van der Waals surface area contributed by atoms with Gasteiger partial charge >= 0.3 is 0 Å². The quantitative estimate of drug-likeness (QED) is 0.808. The number of anilines is 1. The van der Waals surface area contributed by atoms with Gasteiger partial charge < -0.3 is 0 Å². The van der Waals surface area contributed by atoms with E-state index in [2.05, 4.69) is 25.6 Å². The molecule has 1 N–H and O–H groups in total. The van der Waals surface area contributed by atoms with E-state index in [9.17, 15) is 16.8 Å². The van der Waals surface area contributed by atoms with E-state index in [4.69, 9.17) is 0 Å². The van der Waals surface area contributed by atoms with Crippen LogP contribution in [0.25, 0.3) is 0 Å². The number of sulfone groups is 1. The van der Waals surface area contributed by atoms with Gasteiger partial charge in [-0.3, -0.25) is 4.72 Å². The molecule has 1 aromatic heterocycles. The van der Waals surface area contributed by atoms with E-state index < -0.39 is 25.1 Å². The zero-order chi connectivity index (χ0) is 14.1. The Labute approximate surface area is 120 Å². The van der Waals surface area contributed by atoms with Gasteiger partial charge in [0, 0.05) is 6.20 Å². The maximum Gasteiger partial charge on any atom is 0.235 e. The molecule has 1 fully saturated rings. The van der Waals surface area contributed by atoms with Crippen molar-refractivity contribution in [2.45, 2.75) is 18.1 Å². The highest BCUT2D eigenvalue weighted by atomic mass is 79.9. The third-order valence-electron chi connectivity index (χ3n) is 2.95. The molecule has 1 saturated heterocycles. The fourth-order valence-electron chi connectivity index (χ4n) is 1.88. The fraction of sp³-hybridized carbons (Fsp3) is 0.500. The summed E-state index contributed by atoms with van der Waals surface area (Å²) in [5.41, 5.74) is 0.357. The molecule has 0 aliphatic carbocycles. The van der Waals surface area contributed by atoms with Gasteiger partial charge in [-0.15, -0.1) is 0 Å². The van der Waals surface area contributed by atoms with E-state index in [1.165, 1.54) is 6.20 Å². The Hall–Kier alpha value is -0.670. The molecule has 2 rings (SSSR count). The topological polar surface area (TPSA) is 93.2 Å². The van der Waals surface area contributed by atoms with E-state index >= 15 is 0 Å². The first kappa shape index (κ1) is 14.7. The molecule has 0 radical (unpaired) electrons. The van der Waals surface area contributed by atoms with Crippen LogP contribution in [0, 0.1) is 0 Å². The molecule has 0 bridgehead atoms. The Morgan fingerprint density at radius 2 is 1.95 bits per heavy atom. The third-order valence-corrected chi connectivity index (χ3v) is 7.15. The second-order valence-electron chi connectivity index (χ2n) is 4.34. The minimum Gasteiger partial charge on any atom is -0.281 e. The van der Waals surface area contributed by atoms with Gasteiger partial charge in [-0.05, 0) is 40.9 Å². The smallest absolute Gasteiger partial charge is 0.235 e. The van der Waals surface area contributed by atoms with E-state index in [-0.39, 0.29) is 24.3 Å². The molecular weight excluding hydrogens is 356 g/mol. The summed E-state index contributed by atoms with van der Waals surface area (Å²) in [6.45, 7) is 0. The number of aromatic nitrogens is 1. The van der Waals surface area contributed by atoms with Crippen LogP contribution in [-0.2, 0) is 19.9 Å². The molecule has 2 heterocycles. The van der Waals surface area contributed by atoms with Crippen LogP contribution >= 0.6 is 15.9 Å². The Morgan fingerprint density at radius 3 is 2.53 bits per heavy atom. The number of pyridine rings is 1. The maximum atomic E-state index is 12.2. The maximum absolute atomic E-state index is 12.2. The van der Waals surface area contributed by atoms with Crippen LogP contribution in [0.1, 0.15) is 12.8 Å². The van der Waals surface area contributed by atoms with E-state index in [1.807, 2.05) is 0 Å². The first-order valence-electron chi connectivity index (χ1n) is 5.63. The summed E-state index contributed by atoms with van der Waals surface area (Å²) in [7, 11) is -6.66. The summed E-state index contributed by atoms with van der Waals surface area (Å²) in [6, 6.07) is 3.21. The molecule has 1 aliphatic heterocycles. The second kappa shape index (κ2) is 5.37. The van der Waals surface area contributed by atoms with Gasteiger partial charge in [-0.1, -0.05) is 0 Å². The second-order valence-corrected chi connectivity index (χ2v) is 9.36. The molecule has 0 unspecified atom stereocenters. The average Bonchev–Trinajstić information content (AvgIpc) is 2.31. The highest BCUT2D eigenvalue weighted by Crippen LogP contribution is 2.24. The first-order chi connectivity index (χ1) is 8.80. The van der Waals surface area contributed by atoms with Crippen LogP contribution in [-0.4, -0.2) is 38.6 Å². The van der Waals surface area contributed by atoms with Gasteiger partial charge in [0.1, 0.15) is 14.4 Å². The van der Waals surface area contributed by atoms with Gasteiger partial charge in [0.2, 0.25) is 10.0 Å². The number of rotatable bonds is 3. The third kappa shape index (κ3) is 3.67. The predicted molar refractivity (Wildman–Crippen MR) is 76.2 cm³/mol. The summed E-state index contributed by atoms with van der Waals surface area (Å²) < 4.78 is 49.8. The molecule has 0 saturated carbocycles. The molecule has 0 aromatic carbocycles. The number of hydrogen-bond acceptors (Lipinski definition) is 5. The SMILES string of the molecule is O=S1(=O)CCC(S(=O)(=O)Nc2cccnc2Br)CC1. The minimum absolute atomic E-state index is 0.0766. The molecular formula is C10H13BrN2O4S2. The lowest BCUT2D eigenvalue weighted by molar-refractivity contribution is 0.555. The standard InChI is InChI=1S/C10H13BrN2O4S2/c11-10-9(2-1-5-12-10)13-19(16,17)8-3-6-18(14,15)7-4-8/h1-2,5,8,13H,3-4,6-7H2. The van der Waals surface area contributed by atoms with Crippen molar-refractivity contribution in [1.82, 2.24) is 4.98 Å². The van der Waals surface area contributed by atoms with Crippen molar-refractivity contribution in [3.8, 4) is 0 Å². The molecule has 19 heavy (non-hydrogen) atoms. The van der Waals surface area contributed by atoms with Crippen LogP contribution < -0.4 is 4.72 Å². The molecule has 1 aromatic rings. The molecule has 9 heteroatoms. The van der Waals surface area contributed by atoms with E-state index in [0.29, 0.717) is 10.3 Å². The van der Waals surface area contributed by atoms with Crippen molar-refractivity contribution in [1.29, 1.82) is 0 Å². The summed E-state index contributed by atoms with van der Waals surface area (Å²) in [4.78, 5) is 3.93. The highest BCUT2D eigenvalue weighted by molar-refractivity contribution is 9.10. The monoisotopic (exact) mass is 368 g/mol. The van der Waals surface area contributed by atoms with Crippen molar-refractivity contribution in [3.05, 3.63) is 22.9 Å². The van der Waals surface area contributed by atoms with Gasteiger partial charge in [-0.25, -0.2) is 21.8 Å². The Balaban J connectivity index is 2.14. The lowest BCUT2D eigenvalue weighted by Crippen LogP contribution is -2.36. The molecule has 0 amide bonds. The Bertz CT molecular complexity index is 659. The molecule has 6 nitrogen and oxygen atoms in total. The molecule has 0 atom stereocenters. The summed E-state index contributed by atoms with van der Waals surface area (Å²) in [5, 5.41) is -0.678. The fourth-order valence-corrected chi connectivity index (χ4v) is 5.64. The minimum atomic E-state index is -3.59. The molecule has 0 spiro atoms. The first-order valence-corrected chi connectivity index (χ1v) is 9.79. The highest BCUT2D eigenvalue weighted by Gasteiger charge is 2.33. The van der Waals surface area contributed by atoms with Crippen molar-refractivity contribution in [2.75, 3.05) is 16.2 Å². The number of halogens is 1. The van der Waals surface area contributed by atoms with Gasteiger partial charge in [0.15, 0.2) is 0 Å².